The monoisotopic (exact) mass is 350 g/mol. The Balaban J connectivity index is 2.64. The number of hydrogen-bond donors (Lipinski definition) is 1. The number of hydrogen-bond acceptors (Lipinski definition) is 6. The topological polar surface area (TPSA) is 86.2 Å². The zero-order valence-electron chi connectivity index (χ0n) is 15.4. The number of alkyl carbamates (subject to hydrolysis) is 1. The summed E-state index contributed by atoms with van der Waals surface area (Å²) in [6.07, 6.45) is -0.727. The molecule has 1 aromatic carbocycles. The zero-order chi connectivity index (χ0) is 18.9. The zero-order valence-corrected chi connectivity index (χ0v) is 15.4. The predicted octanol–water partition coefficient (Wildman–Crippen LogP) is 3.04. The van der Waals surface area contributed by atoms with Crippen LogP contribution in [0.25, 0.3) is 0 Å². The maximum Gasteiger partial charge on any atom is 0.408 e. The summed E-state index contributed by atoms with van der Waals surface area (Å²) in [5.41, 5.74) is 0.852. The van der Waals surface area contributed by atoms with Gasteiger partial charge in [-0.15, -0.1) is 0 Å². The van der Waals surface area contributed by atoms with Crippen molar-refractivity contribution in [3.63, 3.8) is 0 Å². The van der Waals surface area contributed by atoms with Crippen LogP contribution in [0.3, 0.4) is 0 Å². The summed E-state index contributed by atoms with van der Waals surface area (Å²) in [5, 5.41) is 6.07. The summed E-state index contributed by atoms with van der Waals surface area (Å²) in [4.78, 5) is 28.8. The summed E-state index contributed by atoms with van der Waals surface area (Å²) < 4.78 is 10.7. The highest BCUT2D eigenvalue weighted by molar-refractivity contribution is 5.83. The minimum atomic E-state index is -1.03. The highest BCUT2D eigenvalue weighted by Crippen LogP contribution is 2.08. The molecule has 0 heterocycles. The molecule has 7 heteroatoms. The molecule has 0 saturated heterocycles. The van der Waals surface area contributed by atoms with E-state index in [0.717, 1.165) is 5.56 Å². The van der Waals surface area contributed by atoms with Crippen LogP contribution in [0.5, 0.6) is 0 Å². The first-order valence-corrected chi connectivity index (χ1v) is 8.00. The number of nitrogens with zero attached hydrogens (tertiary/aromatic N) is 1. The first-order valence-electron chi connectivity index (χ1n) is 8.00. The average Bonchev–Trinajstić information content (AvgIpc) is 2.51. The molecule has 0 fully saturated rings. The molecule has 0 aromatic heterocycles. The lowest BCUT2D eigenvalue weighted by Crippen LogP contribution is -2.46. The molecule has 0 aliphatic carbocycles. The molecule has 0 aliphatic heterocycles. The standard InChI is InChI=1S/C18H26N2O5/c1-13(2)20-25-16(21)15(19-17(22)24-18(3,4)5)12-23-11-14-9-7-6-8-10-14/h6-10,15H,11-12H2,1-5H3,(H,19,22)/t15-/m0/s1. The molecule has 7 nitrogen and oxygen atoms in total. The Morgan fingerprint density at radius 3 is 2.36 bits per heavy atom. The highest BCUT2D eigenvalue weighted by Gasteiger charge is 2.26. The molecular weight excluding hydrogens is 324 g/mol. The lowest BCUT2D eigenvalue weighted by atomic mass is 10.2. The second-order valence-corrected chi connectivity index (χ2v) is 6.65. The molecular formula is C18H26N2O5. The van der Waals surface area contributed by atoms with Gasteiger partial charge in [-0.2, -0.15) is 0 Å². The maximum absolute atomic E-state index is 12.1. The number of carbonyl (C=O) groups is 2. The maximum atomic E-state index is 12.1. The van der Waals surface area contributed by atoms with Crippen LogP contribution in [-0.2, 0) is 25.7 Å². The molecule has 1 N–H and O–H groups in total. The fraction of sp³-hybridized carbons (Fsp3) is 0.500. The van der Waals surface area contributed by atoms with E-state index in [1.165, 1.54) is 0 Å². The van der Waals surface area contributed by atoms with Gasteiger partial charge in [-0.25, -0.2) is 9.59 Å². The van der Waals surface area contributed by atoms with E-state index < -0.39 is 23.7 Å². The van der Waals surface area contributed by atoms with Gasteiger partial charge in [0, 0.05) is 0 Å². The summed E-state index contributed by atoms with van der Waals surface area (Å²) in [6, 6.07) is 8.46. The molecule has 0 saturated carbocycles. The normalized spacial score (nSPS) is 12.0. The molecule has 25 heavy (non-hydrogen) atoms. The summed E-state index contributed by atoms with van der Waals surface area (Å²) in [6.45, 7) is 8.82. The van der Waals surface area contributed by atoms with Crippen LogP contribution >= 0.6 is 0 Å². The second kappa shape index (κ2) is 9.78. The molecule has 1 amide bonds. The number of nitrogens with one attached hydrogen (secondary N) is 1. The SMILES string of the molecule is CC(C)=NOC(=O)[C@H](COCc1ccccc1)NC(=O)OC(C)(C)C. The third-order valence-electron chi connectivity index (χ3n) is 2.69. The number of rotatable bonds is 7. The summed E-state index contributed by atoms with van der Waals surface area (Å²) in [5.74, 6) is -0.722. The third kappa shape index (κ3) is 9.46. The number of benzene rings is 1. The lowest BCUT2D eigenvalue weighted by Gasteiger charge is -2.22. The van der Waals surface area contributed by atoms with Gasteiger partial charge in [0.2, 0.25) is 0 Å². The fourth-order valence-corrected chi connectivity index (χ4v) is 1.69. The van der Waals surface area contributed by atoms with Gasteiger partial charge in [0.25, 0.3) is 0 Å². The van der Waals surface area contributed by atoms with E-state index in [4.69, 9.17) is 14.3 Å². The molecule has 1 aromatic rings. The summed E-state index contributed by atoms with van der Waals surface area (Å²) >= 11 is 0. The molecule has 1 rings (SSSR count). The van der Waals surface area contributed by atoms with Crippen molar-refractivity contribution >= 4 is 17.8 Å². The number of oxime groups is 1. The van der Waals surface area contributed by atoms with Gasteiger partial charge in [0.15, 0.2) is 6.04 Å². The van der Waals surface area contributed by atoms with E-state index in [0.29, 0.717) is 12.3 Å². The van der Waals surface area contributed by atoms with Crippen LogP contribution in [0.1, 0.15) is 40.2 Å². The molecule has 138 valence electrons. The van der Waals surface area contributed by atoms with Crippen molar-refractivity contribution in [2.24, 2.45) is 5.16 Å². The number of amides is 1. The van der Waals surface area contributed by atoms with Crippen molar-refractivity contribution in [3.8, 4) is 0 Å². The van der Waals surface area contributed by atoms with Crippen molar-refractivity contribution in [1.82, 2.24) is 5.32 Å². The van der Waals surface area contributed by atoms with Crippen LogP contribution in [0.2, 0.25) is 0 Å². The highest BCUT2D eigenvalue weighted by atomic mass is 16.7. The largest absolute Gasteiger partial charge is 0.444 e. The first-order chi connectivity index (χ1) is 11.7. The van der Waals surface area contributed by atoms with E-state index >= 15 is 0 Å². The second-order valence-electron chi connectivity index (χ2n) is 6.65. The van der Waals surface area contributed by atoms with Crippen LogP contribution in [0.15, 0.2) is 35.5 Å². The van der Waals surface area contributed by atoms with Gasteiger partial charge in [0.05, 0.1) is 18.9 Å². The van der Waals surface area contributed by atoms with E-state index in [2.05, 4.69) is 10.5 Å². The minimum absolute atomic E-state index is 0.0642. The molecule has 0 spiro atoms. The number of carbonyl (C=O) groups excluding carboxylic acids is 2. The van der Waals surface area contributed by atoms with Crippen LogP contribution in [0, 0.1) is 0 Å². The van der Waals surface area contributed by atoms with Crippen molar-refractivity contribution in [3.05, 3.63) is 35.9 Å². The fourth-order valence-electron chi connectivity index (χ4n) is 1.69. The lowest BCUT2D eigenvalue weighted by molar-refractivity contribution is -0.148. The quantitative estimate of drug-likeness (QED) is 0.464. The van der Waals surface area contributed by atoms with Gasteiger partial charge in [-0.05, 0) is 40.2 Å². The van der Waals surface area contributed by atoms with Crippen molar-refractivity contribution in [2.75, 3.05) is 6.61 Å². The molecule has 1 atom stereocenters. The smallest absolute Gasteiger partial charge is 0.408 e. The van der Waals surface area contributed by atoms with E-state index in [1.54, 1.807) is 34.6 Å². The molecule has 0 radical (unpaired) electrons. The Labute approximate surface area is 148 Å². The first kappa shape index (κ1) is 20.6. The Morgan fingerprint density at radius 2 is 1.80 bits per heavy atom. The van der Waals surface area contributed by atoms with Crippen molar-refractivity contribution in [2.45, 2.75) is 52.9 Å². The summed E-state index contributed by atoms with van der Waals surface area (Å²) in [7, 11) is 0. The van der Waals surface area contributed by atoms with E-state index in [-0.39, 0.29) is 6.61 Å². The Bertz CT molecular complexity index is 589. The van der Waals surface area contributed by atoms with Gasteiger partial charge in [-0.3, -0.25) is 0 Å². The van der Waals surface area contributed by atoms with Crippen LogP contribution in [0.4, 0.5) is 4.79 Å². The minimum Gasteiger partial charge on any atom is -0.444 e. The third-order valence-corrected chi connectivity index (χ3v) is 2.69. The van der Waals surface area contributed by atoms with E-state index in [9.17, 15) is 9.59 Å². The Morgan fingerprint density at radius 1 is 1.16 bits per heavy atom. The molecule has 0 unspecified atom stereocenters. The Hall–Kier alpha value is -2.41. The van der Waals surface area contributed by atoms with Gasteiger partial charge >= 0.3 is 12.1 Å². The van der Waals surface area contributed by atoms with E-state index in [1.807, 2.05) is 30.3 Å². The van der Waals surface area contributed by atoms with Crippen molar-refractivity contribution < 1.29 is 23.9 Å². The predicted molar refractivity (Wildman–Crippen MR) is 94.1 cm³/mol. The van der Waals surface area contributed by atoms with Gasteiger partial charge in [-0.1, -0.05) is 35.5 Å². The van der Waals surface area contributed by atoms with Crippen LogP contribution < -0.4 is 5.32 Å². The van der Waals surface area contributed by atoms with Crippen LogP contribution in [-0.4, -0.2) is 36.0 Å². The van der Waals surface area contributed by atoms with Gasteiger partial charge in [0.1, 0.15) is 5.60 Å². The Kier molecular flexibility index (Phi) is 8.07. The molecule has 0 bridgehead atoms. The van der Waals surface area contributed by atoms with Crippen molar-refractivity contribution in [1.29, 1.82) is 0 Å². The number of ether oxygens (including phenoxy) is 2. The average molecular weight is 350 g/mol. The molecule has 0 aliphatic rings. The van der Waals surface area contributed by atoms with Gasteiger partial charge < -0.3 is 19.6 Å².